The van der Waals surface area contributed by atoms with E-state index in [0.29, 0.717) is 13.1 Å². The highest BCUT2D eigenvalue weighted by Crippen LogP contribution is 2.28. The lowest BCUT2D eigenvalue weighted by atomic mass is 10.1. The van der Waals surface area contributed by atoms with E-state index in [-0.39, 0.29) is 18.2 Å². The predicted octanol–water partition coefficient (Wildman–Crippen LogP) is 3.92. The first kappa shape index (κ1) is 19.1. The first-order valence-corrected chi connectivity index (χ1v) is 10.3. The molecule has 6 nitrogen and oxygen atoms in total. The van der Waals surface area contributed by atoms with Gasteiger partial charge in [0.15, 0.2) is 0 Å². The minimum atomic E-state index is -0.396. The smallest absolute Gasteiger partial charge is 0.232 e. The standard InChI is InChI=1S/C25H22N4O2/c30-24-15-19(17-28(24)20-9-3-1-4-10-20)25(31)29(21-11-5-2-6-12-21)18-22-16-26-23-13-7-8-14-27(22)23/h1-14,16,19H,15,17-18H2. The van der Waals surface area contributed by atoms with Crippen LogP contribution in [-0.2, 0) is 16.1 Å². The Hall–Kier alpha value is -3.93. The summed E-state index contributed by atoms with van der Waals surface area (Å²) in [6.45, 7) is 0.766. The highest BCUT2D eigenvalue weighted by molar-refractivity contribution is 6.04. The Kier molecular flexibility index (Phi) is 4.96. The van der Waals surface area contributed by atoms with Crippen molar-refractivity contribution in [2.75, 3.05) is 16.3 Å². The fourth-order valence-corrected chi connectivity index (χ4v) is 4.12. The number of carbonyl (C=O) groups is 2. The van der Waals surface area contributed by atoms with Crippen molar-refractivity contribution in [1.29, 1.82) is 0 Å². The number of amides is 2. The van der Waals surface area contributed by atoms with E-state index < -0.39 is 5.92 Å². The Labute approximate surface area is 180 Å². The molecule has 1 fully saturated rings. The summed E-state index contributed by atoms with van der Waals surface area (Å²) >= 11 is 0. The molecule has 0 N–H and O–H groups in total. The van der Waals surface area contributed by atoms with Crippen LogP contribution in [0.25, 0.3) is 5.65 Å². The molecule has 1 aliphatic heterocycles. The average molecular weight is 410 g/mol. The monoisotopic (exact) mass is 410 g/mol. The number of para-hydroxylation sites is 2. The Morgan fingerprint density at radius 3 is 2.45 bits per heavy atom. The maximum Gasteiger partial charge on any atom is 0.232 e. The number of carbonyl (C=O) groups excluding carboxylic acids is 2. The number of hydrogen-bond acceptors (Lipinski definition) is 3. The second kappa shape index (κ2) is 8.07. The normalized spacial score (nSPS) is 16.1. The van der Waals surface area contributed by atoms with Crippen LogP contribution in [-0.4, -0.2) is 27.7 Å². The minimum absolute atomic E-state index is 0.0210. The van der Waals surface area contributed by atoms with E-state index in [1.165, 1.54) is 0 Å². The zero-order chi connectivity index (χ0) is 21.2. The number of nitrogens with zero attached hydrogens (tertiary/aromatic N) is 4. The molecule has 2 aromatic carbocycles. The maximum atomic E-state index is 13.6. The summed E-state index contributed by atoms with van der Waals surface area (Å²) in [5.74, 6) is -0.469. The maximum absolute atomic E-state index is 13.6. The fraction of sp³-hybridized carbons (Fsp3) is 0.160. The van der Waals surface area contributed by atoms with Gasteiger partial charge >= 0.3 is 0 Å². The topological polar surface area (TPSA) is 57.9 Å². The molecule has 0 spiro atoms. The van der Waals surface area contributed by atoms with Crippen LogP contribution in [0.5, 0.6) is 0 Å². The van der Waals surface area contributed by atoms with Crippen LogP contribution in [0, 0.1) is 5.92 Å². The SMILES string of the molecule is O=C1CC(C(=O)N(Cc2cnc3ccccn23)c2ccccc2)CN1c1ccccc1. The van der Waals surface area contributed by atoms with Crippen molar-refractivity contribution in [2.24, 2.45) is 5.92 Å². The molecule has 0 radical (unpaired) electrons. The Balaban J connectivity index is 1.44. The molecule has 2 amide bonds. The molecule has 1 saturated heterocycles. The molecule has 4 aromatic rings. The van der Waals surface area contributed by atoms with Crippen molar-refractivity contribution >= 4 is 28.8 Å². The quantitative estimate of drug-likeness (QED) is 0.501. The van der Waals surface area contributed by atoms with Crippen molar-refractivity contribution < 1.29 is 9.59 Å². The summed E-state index contributed by atoms with van der Waals surface area (Å²) in [6.07, 6.45) is 3.96. The molecule has 6 heteroatoms. The Morgan fingerprint density at radius 2 is 1.68 bits per heavy atom. The Morgan fingerprint density at radius 1 is 0.968 bits per heavy atom. The third kappa shape index (κ3) is 3.68. The van der Waals surface area contributed by atoms with Crippen LogP contribution < -0.4 is 9.80 Å². The van der Waals surface area contributed by atoms with E-state index in [1.54, 1.807) is 16.0 Å². The van der Waals surface area contributed by atoms with E-state index in [1.807, 2.05) is 89.5 Å². The van der Waals surface area contributed by atoms with Crippen molar-refractivity contribution in [3.63, 3.8) is 0 Å². The number of benzene rings is 2. The van der Waals surface area contributed by atoms with E-state index >= 15 is 0 Å². The van der Waals surface area contributed by atoms with Gasteiger partial charge in [0.1, 0.15) is 5.65 Å². The first-order valence-electron chi connectivity index (χ1n) is 10.3. The number of aromatic nitrogens is 2. The molecule has 1 atom stereocenters. The van der Waals surface area contributed by atoms with Gasteiger partial charge in [0.2, 0.25) is 11.8 Å². The number of imidazole rings is 1. The van der Waals surface area contributed by atoms with Crippen LogP contribution in [0.3, 0.4) is 0 Å². The van der Waals surface area contributed by atoms with Gasteiger partial charge in [-0.25, -0.2) is 4.98 Å². The van der Waals surface area contributed by atoms with E-state index in [4.69, 9.17) is 0 Å². The summed E-state index contributed by atoms with van der Waals surface area (Å²) in [4.78, 5) is 34.3. The largest absolute Gasteiger partial charge is 0.312 e. The molecule has 5 rings (SSSR count). The van der Waals surface area contributed by atoms with Gasteiger partial charge in [-0.3, -0.25) is 9.59 Å². The van der Waals surface area contributed by atoms with Gasteiger partial charge < -0.3 is 14.2 Å². The lowest BCUT2D eigenvalue weighted by molar-refractivity contribution is -0.124. The summed E-state index contributed by atoms with van der Waals surface area (Å²) in [5, 5.41) is 0. The molecule has 0 aliphatic carbocycles. The first-order chi connectivity index (χ1) is 15.2. The van der Waals surface area contributed by atoms with Crippen LogP contribution in [0.1, 0.15) is 12.1 Å². The van der Waals surface area contributed by atoms with E-state index in [0.717, 1.165) is 22.7 Å². The second-order valence-electron chi connectivity index (χ2n) is 7.68. The third-order valence-corrected chi connectivity index (χ3v) is 5.69. The number of fused-ring (bicyclic) bond motifs is 1. The molecule has 154 valence electrons. The highest BCUT2D eigenvalue weighted by atomic mass is 16.2. The van der Waals surface area contributed by atoms with Crippen LogP contribution >= 0.6 is 0 Å². The number of pyridine rings is 1. The van der Waals surface area contributed by atoms with Crippen LogP contribution in [0.15, 0.2) is 91.3 Å². The van der Waals surface area contributed by atoms with Gasteiger partial charge in [0, 0.05) is 30.5 Å². The zero-order valence-electron chi connectivity index (χ0n) is 17.0. The number of hydrogen-bond donors (Lipinski definition) is 0. The van der Waals surface area contributed by atoms with Crippen molar-refractivity contribution in [2.45, 2.75) is 13.0 Å². The molecule has 0 bridgehead atoms. The van der Waals surface area contributed by atoms with Crippen molar-refractivity contribution in [3.05, 3.63) is 97.0 Å². The third-order valence-electron chi connectivity index (χ3n) is 5.69. The van der Waals surface area contributed by atoms with Gasteiger partial charge in [-0.05, 0) is 36.4 Å². The second-order valence-corrected chi connectivity index (χ2v) is 7.68. The number of anilines is 2. The lowest BCUT2D eigenvalue weighted by Gasteiger charge is -2.25. The van der Waals surface area contributed by atoms with Crippen molar-refractivity contribution in [3.8, 4) is 0 Å². The molecule has 1 aliphatic rings. The summed E-state index contributed by atoms with van der Waals surface area (Å²) in [7, 11) is 0. The van der Waals surface area contributed by atoms with Gasteiger partial charge in [-0.2, -0.15) is 0 Å². The molecule has 3 heterocycles. The van der Waals surface area contributed by atoms with Gasteiger partial charge in [0.25, 0.3) is 0 Å². The van der Waals surface area contributed by atoms with Crippen LogP contribution in [0.2, 0.25) is 0 Å². The van der Waals surface area contributed by atoms with Gasteiger partial charge in [0.05, 0.1) is 24.4 Å². The van der Waals surface area contributed by atoms with Crippen LogP contribution in [0.4, 0.5) is 11.4 Å². The molecule has 2 aromatic heterocycles. The summed E-state index contributed by atoms with van der Waals surface area (Å²) in [6, 6.07) is 24.9. The van der Waals surface area contributed by atoms with Crippen molar-refractivity contribution in [1.82, 2.24) is 9.38 Å². The zero-order valence-corrected chi connectivity index (χ0v) is 17.0. The number of rotatable bonds is 5. The summed E-state index contributed by atoms with van der Waals surface area (Å²) in [5.41, 5.74) is 3.39. The predicted molar refractivity (Wildman–Crippen MR) is 120 cm³/mol. The Bertz CT molecular complexity index is 1220. The average Bonchev–Trinajstić information content (AvgIpc) is 3.42. The van der Waals surface area contributed by atoms with Gasteiger partial charge in [-0.15, -0.1) is 0 Å². The van der Waals surface area contributed by atoms with Gasteiger partial charge in [-0.1, -0.05) is 42.5 Å². The summed E-state index contributed by atoms with van der Waals surface area (Å²) < 4.78 is 1.99. The molecular weight excluding hydrogens is 388 g/mol. The fourth-order valence-electron chi connectivity index (χ4n) is 4.12. The highest BCUT2D eigenvalue weighted by Gasteiger charge is 2.37. The molecule has 31 heavy (non-hydrogen) atoms. The van der Waals surface area contributed by atoms with E-state index in [9.17, 15) is 9.59 Å². The molecular formula is C25H22N4O2. The minimum Gasteiger partial charge on any atom is -0.312 e. The van der Waals surface area contributed by atoms with E-state index in [2.05, 4.69) is 4.98 Å². The lowest BCUT2D eigenvalue weighted by Crippen LogP contribution is -2.37. The molecule has 0 saturated carbocycles. The molecule has 1 unspecified atom stereocenters.